The van der Waals surface area contributed by atoms with Crippen LogP contribution in [0.3, 0.4) is 0 Å². The molecule has 1 rings (SSSR count). The number of carbonyl (C=O) groups is 1. The van der Waals surface area contributed by atoms with Crippen molar-refractivity contribution in [1.82, 2.24) is 5.32 Å². The molecule has 0 bridgehead atoms. The fraction of sp³-hybridized carbons (Fsp3) is 0.571. The lowest BCUT2D eigenvalue weighted by atomic mass is 10.2. The number of thiol groups is 1. The van der Waals surface area contributed by atoms with E-state index < -0.39 is 5.66 Å². The average molecular weight is 185 g/mol. The maximum atomic E-state index is 11.0. The largest absolute Gasteiger partial charge is 0.352 e. The maximum absolute atomic E-state index is 11.0. The third kappa shape index (κ3) is 3.04. The molecule has 0 aromatic heterocycles. The SMILES string of the molecule is CC1(C=CC(=O)NCCS)N=N1. The molecule has 1 N–H and O–H groups in total. The van der Waals surface area contributed by atoms with E-state index in [9.17, 15) is 4.79 Å². The van der Waals surface area contributed by atoms with Crippen LogP contribution in [0.1, 0.15) is 6.92 Å². The van der Waals surface area contributed by atoms with E-state index in [0.29, 0.717) is 12.3 Å². The molecular weight excluding hydrogens is 174 g/mol. The van der Waals surface area contributed by atoms with Crippen LogP contribution in [0.5, 0.6) is 0 Å². The van der Waals surface area contributed by atoms with Crippen molar-refractivity contribution in [3.63, 3.8) is 0 Å². The van der Waals surface area contributed by atoms with Gasteiger partial charge in [0, 0.05) is 18.4 Å². The van der Waals surface area contributed by atoms with E-state index in [-0.39, 0.29) is 5.91 Å². The average Bonchev–Trinajstić information content (AvgIpc) is 2.77. The zero-order valence-electron chi connectivity index (χ0n) is 6.82. The summed E-state index contributed by atoms with van der Waals surface area (Å²) in [5, 5.41) is 10.1. The lowest BCUT2D eigenvalue weighted by Crippen LogP contribution is -2.23. The summed E-state index contributed by atoms with van der Waals surface area (Å²) in [4.78, 5) is 11.0. The molecule has 4 nitrogen and oxygen atoms in total. The molecule has 0 unspecified atom stereocenters. The highest BCUT2D eigenvalue weighted by molar-refractivity contribution is 7.80. The molecule has 66 valence electrons. The summed E-state index contributed by atoms with van der Waals surface area (Å²) in [6.07, 6.45) is 3.12. The molecular formula is C7H11N3OS. The van der Waals surface area contributed by atoms with Gasteiger partial charge in [-0.3, -0.25) is 4.79 Å². The molecule has 0 aromatic carbocycles. The van der Waals surface area contributed by atoms with Crippen LogP contribution in [0.25, 0.3) is 0 Å². The Morgan fingerprint density at radius 3 is 2.83 bits per heavy atom. The van der Waals surface area contributed by atoms with Gasteiger partial charge < -0.3 is 5.32 Å². The first kappa shape index (κ1) is 9.25. The molecule has 1 amide bonds. The minimum atomic E-state index is -0.432. The van der Waals surface area contributed by atoms with Crippen molar-refractivity contribution < 1.29 is 4.79 Å². The molecule has 1 heterocycles. The molecule has 0 aromatic rings. The van der Waals surface area contributed by atoms with Gasteiger partial charge in [0.05, 0.1) is 0 Å². The Labute approximate surface area is 76.5 Å². The summed E-state index contributed by atoms with van der Waals surface area (Å²) in [5.41, 5.74) is -0.432. The Bertz CT molecular complexity index is 231. The molecule has 0 spiro atoms. The second-order valence-corrected chi connectivity index (χ2v) is 3.09. The predicted octanol–water partition coefficient (Wildman–Crippen LogP) is 0.771. The smallest absolute Gasteiger partial charge is 0.243 e. The Balaban J connectivity index is 2.21. The number of hydrogen-bond donors (Lipinski definition) is 2. The Hall–Kier alpha value is -0.840. The van der Waals surface area contributed by atoms with Crippen LogP contribution in [0.2, 0.25) is 0 Å². The zero-order valence-corrected chi connectivity index (χ0v) is 7.71. The molecule has 5 heteroatoms. The van der Waals surface area contributed by atoms with Crippen LogP contribution < -0.4 is 5.32 Å². The Morgan fingerprint density at radius 2 is 2.33 bits per heavy atom. The molecule has 1 aliphatic rings. The summed E-state index contributed by atoms with van der Waals surface area (Å²) in [7, 11) is 0. The van der Waals surface area contributed by atoms with Gasteiger partial charge in [0.15, 0.2) is 0 Å². The van der Waals surface area contributed by atoms with Crippen molar-refractivity contribution >= 4 is 18.5 Å². The van der Waals surface area contributed by atoms with Gasteiger partial charge in [-0.1, -0.05) is 0 Å². The van der Waals surface area contributed by atoms with E-state index >= 15 is 0 Å². The van der Waals surface area contributed by atoms with Gasteiger partial charge in [-0.2, -0.15) is 22.9 Å². The first-order valence-corrected chi connectivity index (χ1v) is 4.31. The molecule has 0 radical (unpaired) electrons. The minimum Gasteiger partial charge on any atom is -0.352 e. The van der Waals surface area contributed by atoms with Crippen molar-refractivity contribution in [2.45, 2.75) is 12.6 Å². The van der Waals surface area contributed by atoms with E-state index in [0.717, 1.165) is 0 Å². The molecule has 1 aliphatic heterocycles. The number of rotatable bonds is 4. The van der Waals surface area contributed by atoms with Gasteiger partial charge in [0.2, 0.25) is 11.6 Å². The molecule has 0 fully saturated rings. The number of hydrogen-bond acceptors (Lipinski definition) is 4. The van der Waals surface area contributed by atoms with Crippen LogP contribution in [0, 0.1) is 0 Å². The van der Waals surface area contributed by atoms with Gasteiger partial charge in [-0.15, -0.1) is 0 Å². The van der Waals surface area contributed by atoms with Crippen LogP contribution in [-0.4, -0.2) is 23.9 Å². The zero-order chi connectivity index (χ0) is 9.03. The van der Waals surface area contributed by atoms with E-state index in [1.54, 1.807) is 6.08 Å². The van der Waals surface area contributed by atoms with Crippen molar-refractivity contribution in [3.05, 3.63) is 12.2 Å². The van der Waals surface area contributed by atoms with Crippen LogP contribution >= 0.6 is 12.6 Å². The number of carbonyl (C=O) groups excluding carboxylic acids is 1. The second kappa shape index (κ2) is 3.71. The fourth-order valence-electron chi connectivity index (χ4n) is 0.617. The van der Waals surface area contributed by atoms with Crippen LogP contribution in [0.4, 0.5) is 0 Å². The number of nitrogens with one attached hydrogen (secondary N) is 1. The highest BCUT2D eigenvalue weighted by Gasteiger charge is 2.29. The summed E-state index contributed by atoms with van der Waals surface area (Å²) in [6.45, 7) is 2.41. The third-order valence-electron chi connectivity index (χ3n) is 1.38. The van der Waals surface area contributed by atoms with Crippen LogP contribution in [-0.2, 0) is 4.79 Å². The number of amides is 1. The van der Waals surface area contributed by atoms with Gasteiger partial charge in [-0.05, 0) is 13.0 Å². The van der Waals surface area contributed by atoms with Crippen LogP contribution in [0.15, 0.2) is 22.4 Å². The summed E-state index contributed by atoms with van der Waals surface area (Å²) >= 11 is 3.96. The molecule has 12 heavy (non-hydrogen) atoms. The van der Waals surface area contributed by atoms with E-state index in [1.807, 2.05) is 6.92 Å². The monoisotopic (exact) mass is 185 g/mol. The lowest BCUT2D eigenvalue weighted by molar-refractivity contribution is -0.116. The molecule has 0 atom stereocenters. The minimum absolute atomic E-state index is 0.123. The summed E-state index contributed by atoms with van der Waals surface area (Å²) in [6, 6.07) is 0. The molecule has 0 saturated heterocycles. The van der Waals surface area contributed by atoms with Gasteiger partial charge >= 0.3 is 0 Å². The van der Waals surface area contributed by atoms with Crippen molar-refractivity contribution in [2.24, 2.45) is 10.2 Å². The quantitative estimate of drug-likeness (QED) is 0.493. The first-order chi connectivity index (χ1) is 5.66. The predicted molar refractivity (Wildman–Crippen MR) is 49.3 cm³/mol. The third-order valence-corrected chi connectivity index (χ3v) is 1.60. The lowest BCUT2D eigenvalue weighted by Gasteiger charge is -1.97. The van der Waals surface area contributed by atoms with Crippen molar-refractivity contribution in [3.8, 4) is 0 Å². The van der Waals surface area contributed by atoms with E-state index in [4.69, 9.17) is 0 Å². The Morgan fingerprint density at radius 1 is 1.67 bits per heavy atom. The highest BCUT2D eigenvalue weighted by atomic mass is 32.1. The van der Waals surface area contributed by atoms with Crippen molar-refractivity contribution in [2.75, 3.05) is 12.3 Å². The highest BCUT2D eigenvalue weighted by Crippen LogP contribution is 2.27. The second-order valence-electron chi connectivity index (χ2n) is 2.64. The fourth-order valence-corrected chi connectivity index (χ4v) is 0.729. The summed E-state index contributed by atoms with van der Waals surface area (Å²) < 4.78 is 0. The van der Waals surface area contributed by atoms with E-state index in [1.165, 1.54) is 6.08 Å². The topological polar surface area (TPSA) is 53.8 Å². The molecule has 0 aliphatic carbocycles. The van der Waals surface area contributed by atoms with Gasteiger partial charge in [0.25, 0.3) is 0 Å². The van der Waals surface area contributed by atoms with Crippen molar-refractivity contribution in [1.29, 1.82) is 0 Å². The normalized spacial score (nSPS) is 18.2. The summed E-state index contributed by atoms with van der Waals surface area (Å²) in [5.74, 6) is 0.522. The van der Waals surface area contributed by atoms with E-state index in [2.05, 4.69) is 28.2 Å². The number of nitrogens with zero attached hydrogens (tertiary/aromatic N) is 2. The van der Waals surface area contributed by atoms with Gasteiger partial charge in [0.1, 0.15) is 0 Å². The van der Waals surface area contributed by atoms with Gasteiger partial charge in [-0.25, -0.2) is 0 Å². The Kier molecular flexibility index (Phi) is 2.86. The first-order valence-electron chi connectivity index (χ1n) is 3.68. The standard InChI is InChI=1S/C7H11N3OS/c1-7(9-10-7)3-2-6(11)8-4-5-12/h2-3,12H,4-5H2,1H3,(H,8,11). The molecule has 0 saturated carbocycles. The maximum Gasteiger partial charge on any atom is 0.243 e.